The van der Waals surface area contributed by atoms with E-state index in [-0.39, 0.29) is 50.8 Å². The van der Waals surface area contributed by atoms with Gasteiger partial charge < -0.3 is 60.6 Å². The SMILES string of the molecule is CCNCCCc1ccc(Oc2c(C(=O)c3cc(C)ccc3C)sc3cc(O)ccc23)cc1.CCNCCCc1ccc(Oc2c(C(=O)c3ccc(C(F)(F)F)cc3)sc3cc(O)ccc23)cc1.CCNCCCc1ccc(Oc2c(C(=O)c3ccc(C)cc3C)sc3cc(O)ccc23)cc1.CCNCCCc1ccc(Oc2c(C(=O)c3ccc(Cl)cc3)sc3cc(O)ccc23)cc1. The Hall–Kier alpha value is -12.5. The largest absolute Gasteiger partial charge is 0.508 e. The molecule has 0 aliphatic carbocycles. The van der Waals surface area contributed by atoms with Crippen molar-refractivity contribution in [2.45, 2.75) is 113 Å². The van der Waals surface area contributed by atoms with Crippen LogP contribution in [-0.4, -0.2) is 95.9 Å². The molecule has 16 rings (SSSR count). The highest BCUT2D eigenvalue weighted by molar-refractivity contribution is 7.22. The van der Waals surface area contributed by atoms with Crippen molar-refractivity contribution < 1.29 is 71.7 Å². The molecule has 0 aliphatic heterocycles. The molecule has 0 unspecified atom stereocenters. The van der Waals surface area contributed by atoms with Gasteiger partial charge in [0.1, 0.15) is 65.5 Å². The predicted molar refractivity (Wildman–Crippen MR) is 536 cm³/mol. The lowest BCUT2D eigenvalue weighted by molar-refractivity contribution is -0.137. The molecule has 12 aromatic carbocycles. The zero-order chi connectivity index (χ0) is 94.2. The van der Waals surface area contributed by atoms with Crippen molar-refractivity contribution in [3.05, 3.63) is 352 Å². The van der Waals surface area contributed by atoms with Gasteiger partial charge in [0.05, 0.1) is 5.56 Å². The van der Waals surface area contributed by atoms with Crippen LogP contribution in [0.15, 0.2) is 255 Å². The van der Waals surface area contributed by atoms with E-state index in [1.807, 2.05) is 137 Å². The quantitative estimate of drug-likeness (QED) is 0.0135. The lowest BCUT2D eigenvalue weighted by Crippen LogP contribution is -2.14. The zero-order valence-electron chi connectivity index (χ0n) is 75.3. The Labute approximate surface area is 793 Å². The molecule has 4 aromatic heterocycles. The summed E-state index contributed by atoms with van der Waals surface area (Å²) in [6.07, 6.45) is 3.70. The number of alkyl halides is 3. The van der Waals surface area contributed by atoms with Gasteiger partial charge in [0.15, 0.2) is 23.0 Å². The molecule has 16 aromatic rings. The number of nitrogens with one attached hydrogen (secondary N) is 4. The molecule has 0 fully saturated rings. The fourth-order valence-corrected chi connectivity index (χ4v) is 19.6. The van der Waals surface area contributed by atoms with Crippen LogP contribution in [0.25, 0.3) is 40.3 Å². The first-order valence-electron chi connectivity index (χ1n) is 44.4. The second kappa shape index (κ2) is 46.7. The van der Waals surface area contributed by atoms with Gasteiger partial charge >= 0.3 is 6.18 Å². The van der Waals surface area contributed by atoms with Crippen LogP contribution in [0.2, 0.25) is 5.02 Å². The summed E-state index contributed by atoms with van der Waals surface area (Å²) in [5.41, 5.74) is 10.1. The number of hydrogen-bond acceptors (Lipinski definition) is 20. The normalized spacial score (nSPS) is 11.2. The lowest BCUT2D eigenvalue weighted by Gasteiger charge is -2.10. The van der Waals surface area contributed by atoms with Crippen molar-refractivity contribution in [1.82, 2.24) is 21.3 Å². The number of ketones is 4. The third kappa shape index (κ3) is 26.1. The Morgan fingerprint density at radius 2 is 0.609 bits per heavy atom. The number of halogens is 4. The number of carbonyl (C=O) groups is 4. The van der Waals surface area contributed by atoms with Crippen LogP contribution in [0.3, 0.4) is 0 Å². The van der Waals surface area contributed by atoms with E-state index in [9.17, 15) is 52.8 Å². The number of benzene rings is 12. The second-order valence-electron chi connectivity index (χ2n) is 32.1. The third-order valence-electron chi connectivity index (χ3n) is 22.0. The van der Waals surface area contributed by atoms with Crippen molar-refractivity contribution >= 4 is 120 Å². The highest BCUT2D eigenvalue weighted by atomic mass is 35.5. The monoisotopic (exact) mass is 1880 g/mol. The van der Waals surface area contributed by atoms with Crippen LogP contribution in [0.5, 0.6) is 69.0 Å². The molecule has 0 atom stereocenters. The molecule has 0 aliphatic rings. The summed E-state index contributed by atoms with van der Waals surface area (Å²) in [4.78, 5) is 55.5. The van der Waals surface area contributed by atoms with Crippen molar-refractivity contribution in [3.8, 4) is 69.0 Å². The number of thiophene rings is 4. The maximum Gasteiger partial charge on any atom is 0.416 e. The molecule has 0 amide bonds. The molecule has 8 N–H and O–H groups in total. The molecule has 133 heavy (non-hydrogen) atoms. The van der Waals surface area contributed by atoms with Crippen molar-refractivity contribution in [2.75, 3.05) is 52.4 Å². The van der Waals surface area contributed by atoms with Gasteiger partial charge in [-0.2, -0.15) is 13.2 Å². The first-order chi connectivity index (χ1) is 64.2. The Morgan fingerprint density at radius 1 is 0.323 bits per heavy atom. The van der Waals surface area contributed by atoms with Gasteiger partial charge in [-0.15, -0.1) is 45.3 Å². The van der Waals surface area contributed by atoms with Gasteiger partial charge in [-0.25, -0.2) is 0 Å². The average molecular weight is 1880 g/mol. The maximum absolute atomic E-state index is 13.6. The predicted octanol–water partition coefficient (Wildman–Crippen LogP) is 27.6. The van der Waals surface area contributed by atoms with Crippen molar-refractivity contribution in [2.24, 2.45) is 0 Å². The van der Waals surface area contributed by atoms with Crippen LogP contribution in [0, 0.1) is 27.7 Å². The van der Waals surface area contributed by atoms with E-state index in [1.165, 1.54) is 75.0 Å². The van der Waals surface area contributed by atoms with E-state index in [0.29, 0.717) is 92.4 Å². The number of phenolic OH excluding ortho intramolecular Hbond substituents is 4. The number of fused-ring (bicyclic) bond motifs is 4. The van der Waals surface area contributed by atoms with Gasteiger partial charge in [0.25, 0.3) is 0 Å². The number of rotatable bonds is 36. The molecule has 0 saturated carbocycles. The minimum absolute atomic E-state index is 0.0424. The summed E-state index contributed by atoms with van der Waals surface area (Å²) in [6.45, 7) is 24.1. The van der Waals surface area contributed by atoms with E-state index in [1.54, 1.807) is 72.8 Å². The second-order valence-corrected chi connectivity index (χ2v) is 36.8. The average Bonchev–Trinajstić information content (AvgIpc) is 1.64. The molecule has 0 saturated heterocycles. The van der Waals surface area contributed by atoms with Crippen molar-refractivity contribution in [3.63, 3.8) is 0 Å². The number of aryl methyl sites for hydroxylation is 8. The van der Waals surface area contributed by atoms with E-state index >= 15 is 0 Å². The van der Waals surface area contributed by atoms with Crippen LogP contribution in [-0.2, 0) is 31.9 Å². The van der Waals surface area contributed by atoms with Gasteiger partial charge in [-0.1, -0.05) is 141 Å². The summed E-state index contributed by atoms with van der Waals surface area (Å²) in [6, 6.07) is 74.4. The molecule has 0 radical (unpaired) electrons. The molecule has 0 spiro atoms. The van der Waals surface area contributed by atoms with E-state index < -0.39 is 17.5 Å². The minimum Gasteiger partial charge on any atom is -0.508 e. The fraction of sp³-hybridized carbons (Fsp3) is 0.229. The molecule has 4 heterocycles. The van der Waals surface area contributed by atoms with Crippen molar-refractivity contribution in [1.29, 1.82) is 0 Å². The summed E-state index contributed by atoms with van der Waals surface area (Å²) in [5, 5.41) is 56.7. The summed E-state index contributed by atoms with van der Waals surface area (Å²) >= 11 is 11.1. The van der Waals surface area contributed by atoms with E-state index in [4.69, 9.17) is 30.5 Å². The topological polar surface area (TPSA) is 234 Å². The van der Waals surface area contributed by atoms with Crippen LogP contribution in [0.4, 0.5) is 13.2 Å². The number of hydrogen-bond donors (Lipinski definition) is 8. The minimum atomic E-state index is -4.48. The van der Waals surface area contributed by atoms with Gasteiger partial charge in [0, 0.05) is 67.6 Å². The summed E-state index contributed by atoms with van der Waals surface area (Å²) < 4.78 is 66.8. The Balaban J connectivity index is 0.000000151. The molecule has 16 nitrogen and oxygen atoms in total. The summed E-state index contributed by atoms with van der Waals surface area (Å²) in [5.74, 6) is 4.29. The third-order valence-corrected chi connectivity index (χ3v) is 26.8. The summed E-state index contributed by atoms with van der Waals surface area (Å²) in [7, 11) is 0. The van der Waals surface area contributed by atoms with Gasteiger partial charge in [-0.05, 0) is 329 Å². The molecular formula is C109H106ClF3N4O12S4. The lowest BCUT2D eigenvalue weighted by atomic mass is 10.0. The first kappa shape index (κ1) is 98.0. The fourth-order valence-electron chi connectivity index (χ4n) is 15.0. The Kier molecular flexibility index (Phi) is 34.4. The zero-order valence-corrected chi connectivity index (χ0v) is 79.3. The van der Waals surface area contributed by atoms with E-state index in [2.05, 4.69) is 85.4 Å². The number of ether oxygens (including phenoxy) is 4. The maximum atomic E-state index is 13.6. The van der Waals surface area contributed by atoms with E-state index in [0.717, 1.165) is 185 Å². The smallest absolute Gasteiger partial charge is 0.416 e. The standard InChI is InChI=1S/2C28H29NO3S.C27H24F3NO3S.C26H24ClNO3S/c1-4-29-15-5-6-20-8-11-22(12-9-20)32-27-24-14-10-21(30)17-25(24)33-28(27)26(31)23-13-7-18(2)16-19(23)3;1-4-29-15-5-6-20-9-12-22(13-10-20)32-27-23-14-11-21(30)17-25(23)33-28(27)26(31)24-16-18(2)7-8-19(24)3;1-2-31-15-3-4-17-5-12-21(13-6-17)34-25-22-14-11-20(32)16-23(22)35-26(25)24(33)18-7-9-19(10-8-18)27(28,29)30;1-2-28-15-3-4-17-5-12-21(13-6-17)31-25-22-14-11-20(29)16-23(22)32-26(25)24(30)18-7-9-19(27)10-8-18/h2*7-14,16-17,29-30H,4-6,15H2,1-3H3;5-14,16,31-32H,2-4,15H2,1H3;5-14,16,28-29H,2-4,15H2,1H3. The molecular weight excluding hydrogens is 1780 g/mol. The molecule has 686 valence electrons. The highest BCUT2D eigenvalue weighted by Crippen LogP contribution is 2.48. The number of aromatic hydroxyl groups is 4. The highest BCUT2D eigenvalue weighted by Gasteiger charge is 2.32. The molecule has 24 heteroatoms. The van der Waals surface area contributed by atoms with Gasteiger partial charge in [0.2, 0.25) is 23.1 Å². The number of carbonyl (C=O) groups excluding carboxylic acids is 4. The number of phenols is 4. The first-order valence-corrected chi connectivity index (χ1v) is 48.1. The Bertz CT molecular complexity index is 6690. The molecule has 0 bridgehead atoms. The van der Waals surface area contributed by atoms with Gasteiger partial charge in [-0.3, -0.25) is 19.2 Å². The van der Waals surface area contributed by atoms with Crippen LogP contribution >= 0.6 is 56.9 Å². The Morgan fingerprint density at radius 3 is 0.910 bits per heavy atom. The van der Waals surface area contributed by atoms with Crippen LogP contribution < -0.4 is 40.2 Å². The van der Waals surface area contributed by atoms with Crippen LogP contribution in [0.1, 0.15) is 164 Å².